The van der Waals surface area contributed by atoms with Gasteiger partial charge >= 0.3 is 0 Å². The molecule has 10 heteroatoms. The van der Waals surface area contributed by atoms with E-state index in [4.69, 9.17) is 4.74 Å². The lowest BCUT2D eigenvalue weighted by molar-refractivity contribution is -0.392. The topological polar surface area (TPSA) is 116 Å². The molecule has 0 spiro atoms. The van der Waals surface area contributed by atoms with Gasteiger partial charge in [-0.25, -0.2) is 0 Å². The average Bonchev–Trinajstić information content (AvgIpc) is 2.46. The van der Waals surface area contributed by atoms with Crippen LogP contribution in [0.5, 0.6) is 0 Å². The van der Waals surface area contributed by atoms with Crippen LogP contribution in [0.2, 0.25) is 0 Å². The number of anilines is 1. The first-order valence-electron chi connectivity index (χ1n) is 6.19. The van der Waals surface area contributed by atoms with Gasteiger partial charge < -0.3 is 4.74 Å². The van der Waals surface area contributed by atoms with E-state index in [1.807, 2.05) is 0 Å². The predicted molar refractivity (Wildman–Crippen MR) is 82.1 cm³/mol. The van der Waals surface area contributed by atoms with Crippen LogP contribution in [0.3, 0.4) is 0 Å². The minimum Gasteiger partial charge on any atom is -0.358 e. The fraction of sp³-hybridized carbons (Fsp3) is 0.417. The number of carbonyl (C=O) groups excluding carboxylic acids is 1. The van der Waals surface area contributed by atoms with Crippen LogP contribution < -0.4 is 4.90 Å². The summed E-state index contributed by atoms with van der Waals surface area (Å²) in [7, 11) is 0. The van der Waals surface area contributed by atoms with Gasteiger partial charge in [0.2, 0.25) is 11.6 Å². The van der Waals surface area contributed by atoms with E-state index in [9.17, 15) is 25.0 Å². The quantitative estimate of drug-likeness (QED) is 0.313. The van der Waals surface area contributed by atoms with Gasteiger partial charge in [0, 0.05) is 12.1 Å². The Hall–Kier alpha value is -2.07. The normalized spacial score (nSPS) is 10.5. The Morgan fingerprint density at radius 2 is 1.77 bits per heavy atom. The molecule has 120 valence electrons. The highest BCUT2D eigenvalue weighted by molar-refractivity contribution is 9.09. The fourth-order valence-corrected chi connectivity index (χ4v) is 1.95. The number of nitro groups is 2. The van der Waals surface area contributed by atoms with E-state index < -0.39 is 27.1 Å². The minimum atomic E-state index is -0.772. The molecule has 0 saturated carbocycles. The number of para-hydroxylation sites is 1. The lowest BCUT2D eigenvalue weighted by Crippen LogP contribution is -2.36. The Balaban J connectivity index is 3.46. The molecule has 1 aromatic rings. The Bertz CT molecular complexity index is 560. The molecule has 9 nitrogen and oxygen atoms in total. The number of alkyl halides is 1. The zero-order valence-corrected chi connectivity index (χ0v) is 13.5. The summed E-state index contributed by atoms with van der Waals surface area (Å²) >= 11 is 2.96. The van der Waals surface area contributed by atoms with Crippen molar-refractivity contribution in [1.29, 1.82) is 0 Å². The number of carbonyl (C=O) groups is 1. The van der Waals surface area contributed by atoms with Gasteiger partial charge in [0.1, 0.15) is 6.73 Å². The second kappa shape index (κ2) is 7.80. The lowest BCUT2D eigenvalue weighted by Gasteiger charge is -2.22. The third-order valence-corrected chi connectivity index (χ3v) is 3.09. The number of ether oxygens (including phenoxy) is 1. The van der Waals surface area contributed by atoms with Crippen LogP contribution in [0.25, 0.3) is 0 Å². The number of hydrogen-bond donors (Lipinski definition) is 0. The molecule has 1 rings (SSSR count). The number of rotatable bonds is 7. The zero-order chi connectivity index (χ0) is 16.9. The van der Waals surface area contributed by atoms with E-state index in [-0.39, 0.29) is 23.9 Å². The predicted octanol–water partition coefficient (Wildman–Crippen LogP) is 2.61. The largest absolute Gasteiger partial charge is 0.358 e. The summed E-state index contributed by atoms with van der Waals surface area (Å²) in [5.74, 6) is -0.585. The van der Waals surface area contributed by atoms with Crippen molar-refractivity contribution in [3.63, 3.8) is 0 Å². The van der Waals surface area contributed by atoms with Crippen LogP contribution in [-0.2, 0) is 9.53 Å². The van der Waals surface area contributed by atoms with E-state index >= 15 is 0 Å². The van der Waals surface area contributed by atoms with E-state index in [0.29, 0.717) is 0 Å². The van der Waals surface area contributed by atoms with Crippen molar-refractivity contribution in [3.05, 3.63) is 38.4 Å². The van der Waals surface area contributed by atoms with E-state index in [1.165, 1.54) is 6.07 Å². The van der Waals surface area contributed by atoms with Crippen molar-refractivity contribution in [2.45, 2.75) is 20.0 Å². The molecular weight excluding hydrogens is 362 g/mol. The van der Waals surface area contributed by atoms with Gasteiger partial charge in [-0.1, -0.05) is 15.9 Å². The molecule has 22 heavy (non-hydrogen) atoms. The van der Waals surface area contributed by atoms with Crippen molar-refractivity contribution in [3.8, 4) is 0 Å². The van der Waals surface area contributed by atoms with Crippen LogP contribution >= 0.6 is 15.9 Å². The molecule has 0 unspecified atom stereocenters. The van der Waals surface area contributed by atoms with Crippen LogP contribution in [0, 0.1) is 20.2 Å². The summed E-state index contributed by atoms with van der Waals surface area (Å²) in [6, 6.07) is 3.40. The number of benzene rings is 1. The van der Waals surface area contributed by atoms with Gasteiger partial charge in [0.15, 0.2) is 0 Å². The summed E-state index contributed by atoms with van der Waals surface area (Å²) < 4.78 is 5.29. The molecule has 1 amide bonds. The van der Waals surface area contributed by atoms with Gasteiger partial charge in [0.05, 0.1) is 21.3 Å². The number of nitrogens with zero attached hydrogens (tertiary/aromatic N) is 3. The third-order valence-electron chi connectivity index (χ3n) is 2.61. The summed E-state index contributed by atoms with van der Waals surface area (Å²) in [6.07, 6.45) is -0.257. The van der Waals surface area contributed by atoms with Crippen molar-refractivity contribution in [1.82, 2.24) is 0 Å². The highest BCUT2D eigenvalue weighted by Gasteiger charge is 2.32. The fourth-order valence-electron chi connectivity index (χ4n) is 1.65. The molecule has 0 aliphatic rings. The number of amides is 1. The standard InChI is InChI=1S/C12H14BrN3O6/c1-8(2)22-7-14(11(17)6-13)12-9(15(18)19)4-3-5-10(12)16(20)21/h3-5,8H,6-7H2,1-2H3. The molecule has 0 N–H and O–H groups in total. The maximum atomic E-state index is 12.0. The van der Waals surface area contributed by atoms with Crippen molar-refractivity contribution >= 4 is 38.9 Å². The van der Waals surface area contributed by atoms with E-state index in [0.717, 1.165) is 17.0 Å². The van der Waals surface area contributed by atoms with Crippen molar-refractivity contribution in [2.75, 3.05) is 17.0 Å². The second-order valence-electron chi connectivity index (χ2n) is 4.46. The second-order valence-corrected chi connectivity index (χ2v) is 5.02. The number of hydrogen-bond acceptors (Lipinski definition) is 6. The smallest absolute Gasteiger partial charge is 0.300 e. The van der Waals surface area contributed by atoms with E-state index in [1.54, 1.807) is 13.8 Å². The van der Waals surface area contributed by atoms with Crippen LogP contribution in [0.4, 0.5) is 17.1 Å². The number of nitro benzene ring substituents is 2. The van der Waals surface area contributed by atoms with Crippen molar-refractivity contribution in [2.24, 2.45) is 0 Å². The van der Waals surface area contributed by atoms with Gasteiger partial charge in [-0.3, -0.25) is 29.9 Å². The van der Waals surface area contributed by atoms with Gasteiger partial charge in [0.25, 0.3) is 11.4 Å². The first-order chi connectivity index (χ1) is 10.3. The summed E-state index contributed by atoms with van der Waals surface area (Å²) in [5, 5.41) is 22.1. The SMILES string of the molecule is CC(C)OCN(C(=O)CBr)c1c([N+](=O)[O-])cccc1[N+](=O)[O-]. The van der Waals surface area contributed by atoms with Gasteiger partial charge in [-0.05, 0) is 19.9 Å². The molecule has 0 aliphatic heterocycles. The molecule has 0 fully saturated rings. The molecule has 0 atom stereocenters. The lowest BCUT2D eigenvalue weighted by atomic mass is 10.2. The average molecular weight is 376 g/mol. The molecule has 0 heterocycles. The highest BCUT2D eigenvalue weighted by Crippen LogP contribution is 2.37. The summed E-state index contributed by atoms with van der Waals surface area (Å²) in [4.78, 5) is 33.7. The van der Waals surface area contributed by atoms with Crippen molar-refractivity contribution < 1.29 is 19.4 Å². The van der Waals surface area contributed by atoms with Crippen LogP contribution in [0.15, 0.2) is 18.2 Å². The highest BCUT2D eigenvalue weighted by atomic mass is 79.9. The monoisotopic (exact) mass is 375 g/mol. The molecule has 0 aliphatic carbocycles. The van der Waals surface area contributed by atoms with Gasteiger partial charge in [-0.15, -0.1) is 0 Å². The Labute approximate surface area is 134 Å². The maximum absolute atomic E-state index is 12.0. The van der Waals surface area contributed by atoms with Crippen LogP contribution in [0.1, 0.15) is 13.8 Å². The Kier molecular flexibility index (Phi) is 6.38. The maximum Gasteiger partial charge on any atom is 0.300 e. The first kappa shape index (κ1) is 18.0. The van der Waals surface area contributed by atoms with E-state index in [2.05, 4.69) is 15.9 Å². The third kappa shape index (κ3) is 4.21. The summed E-state index contributed by atoms with van der Waals surface area (Å²) in [6.45, 7) is 3.10. The first-order valence-corrected chi connectivity index (χ1v) is 7.31. The molecular formula is C12H14BrN3O6. The minimum absolute atomic E-state index is 0.155. The molecule has 1 aromatic carbocycles. The molecule has 0 radical (unpaired) electrons. The zero-order valence-electron chi connectivity index (χ0n) is 11.9. The molecule has 0 aromatic heterocycles. The Morgan fingerprint density at radius 1 is 1.27 bits per heavy atom. The molecule has 0 bridgehead atoms. The van der Waals surface area contributed by atoms with Crippen LogP contribution in [-0.4, -0.2) is 33.9 Å². The Morgan fingerprint density at radius 3 is 2.14 bits per heavy atom. The van der Waals surface area contributed by atoms with Gasteiger partial charge in [-0.2, -0.15) is 0 Å². The summed E-state index contributed by atoms with van der Waals surface area (Å²) in [5.41, 5.74) is -1.45. The number of halogens is 1. The molecule has 0 saturated heterocycles.